The fraction of sp³-hybridized carbons (Fsp3) is 0.333. The van der Waals surface area contributed by atoms with Gasteiger partial charge in [0.25, 0.3) is 11.6 Å². The zero-order valence-corrected chi connectivity index (χ0v) is 15.3. The van der Waals surface area contributed by atoms with E-state index in [1.165, 1.54) is 7.11 Å². The monoisotopic (exact) mass is 396 g/mol. The molecule has 2 N–H and O–H groups in total. The molecular formula is C21H16O8. The number of ether oxygens (including phenoxy) is 4. The summed E-state index contributed by atoms with van der Waals surface area (Å²) in [5.41, 5.74) is 1.07. The van der Waals surface area contributed by atoms with Gasteiger partial charge in [-0.3, -0.25) is 14.3 Å². The van der Waals surface area contributed by atoms with Crippen molar-refractivity contribution in [2.45, 2.75) is 36.6 Å². The summed E-state index contributed by atoms with van der Waals surface area (Å²) in [6.45, 7) is 0. The minimum atomic E-state index is -1.78. The van der Waals surface area contributed by atoms with Crippen molar-refractivity contribution in [3.63, 3.8) is 0 Å². The van der Waals surface area contributed by atoms with E-state index in [0.29, 0.717) is 16.9 Å². The largest absolute Gasteiger partial charge is 0.496 e. The van der Waals surface area contributed by atoms with Gasteiger partial charge in [0.15, 0.2) is 11.6 Å². The number of rotatable bonds is 1. The normalized spacial score (nSPS) is 33.2. The van der Waals surface area contributed by atoms with Gasteiger partial charge < -0.3 is 24.4 Å². The van der Waals surface area contributed by atoms with Crippen LogP contribution in [-0.4, -0.2) is 41.1 Å². The Morgan fingerprint density at radius 1 is 0.931 bits per heavy atom. The van der Waals surface area contributed by atoms with Crippen LogP contribution < -0.4 is 14.2 Å². The molecule has 8 heteroatoms. The molecule has 2 aliphatic carbocycles. The maximum atomic E-state index is 12.7. The van der Waals surface area contributed by atoms with Crippen LogP contribution in [-0.2, 0) is 16.3 Å². The number of aliphatic hydroxyl groups excluding tert-OH is 2. The summed E-state index contributed by atoms with van der Waals surface area (Å²) >= 11 is 0. The van der Waals surface area contributed by atoms with Gasteiger partial charge >= 0.3 is 0 Å². The average molecular weight is 396 g/mol. The molecule has 2 aliphatic heterocycles. The maximum absolute atomic E-state index is 12.7. The first kappa shape index (κ1) is 17.0. The summed E-state index contributed by atoms with van der Waals surface area (Å²) < 4.78 is 23.9. The number of aliphatic hydroxyl groups is 2. The van der Waals surface area contributed by atoms with Crippen LogP contribution in [0.2, 0.25) is 0 Å². The van der Waals surface area contributed by atoms with E-state index in [4.69, 9.17) is 18.9 Å². The van der Waals surface area contributed by atoms with Crippen LogP contribution in [0.25, 0.3) is 0 Å². The van der Waals surface area contributed by atoms with Crippen LogP contribution in [0.15, 0.2) is 30.3 Å². The minimum Gasteiger partial charge on any atom is -0.496 e. The van der Waals surface area contributed by atoms with Crippen LogP contribution in [0, 0.1) is 0 Å². The summed E-state index contributed by atoms with van der Waals surface area (Å²) in [7, 11) is 1.44. The number of hydrogen-bond donors (Lipinski definition) is 2. The predicted octanol–water partition coefficient (Wildman–Crippen LogP) is 1.40. The van der Waals surface area contributed by atoms with E-state index in [1.54, 1.807) is 30.3 Å². The second-order valence-electron chi connectivity index (χ2n) is 7.62. The Balaban J connectivity index is 1.72. The number of methoxy groups -OCH3 is 1. The maximum Gasteiger partial charge on any atom is 0.271 e. The fourth-order valence-corrected chi connectivity index (χ4v) is 4.89. The number of carbonyl (C=O) groups is 2. The van der Waals surface area contributed by atoms with Gasteiger partial charge in [0, 0.05) is 18.4 Å². The van der Waals surface area contributed by atoms with E-state index in [9.17, 15) is 19.8 Å². The van der Waals surface area contributed by atoms with Crippen molar-refractivity contribution in [2.75, 3.05) is 7.11 Å². The molecule has 0 fully saturated rings. The standard InChI is InChI=1S/C21H16O8/c1-26-12-5-6-14-19-17(12)11(23)8-16(25)21(19)27-13-4-2-3-9-10(22)7-15(24)20(28-14,29-21)18(9)13/h2-6,15-16,24-25H,7-8H2,1H3/t15-,16-,20-,21-/m1/s1. The molecule has 2 bridgehead atoms. The highest BCUT2D eigenvalue weighted by molar-refractivity contribution is 6.03. The van der Waals surface area contributed by atoms with E-state index in [1.807, 2.05) is 0 Å². The number of ketones is 2. The first-order valence-electron chi connectivity index (χ1n) is 9.27. The van der Waals surface area contributed by atoms with Crippen LogP contribution in [0.3, 0.4) is 0 Å². The van der Waals surface area contributed by atoms with Crippen molar-refractivity contribution < 1.29 is 38.7 Å². The molecular weight excluding hydrogens is 380 g/mol. The molecule has 0 saturated carbocycles. The lowest BCUT2D eigenvalue weighted by molar-refractivity contribution is -0.404. The molecule has 29 heavy (non-hydrogen) atoms. The van der Waals surface area contributed by atoms with Gasteiger partial charge in [-0.05, 0) is 18.2 Å². The molecule has 8 nitrogen and oxygen atoms in total. The van der Waals surface area contributed by atoms with Crippen LogP contribution >= 0.6 is 0 Å². The van der Waals surface area contributed by atoms with E-state index in [-0.39, 0.29) is 47.0 Å². The molecule has 148 valence electrons. The summed E-state index contributed by atoms with van der Waals surface area (Å²) in [4.78, 5) is 25.2. The first-order chi connectivity index (χ1) is 13.9. The Bertz CT molecular complexity index is 1120. The van der Waals surface area contributed by atoms with Gasteiger partial charge in [-0.2, -0.15) is 0 Å². The second kappa shape index (κ2) is 5.15. The lowest BCUT2D eigenvalue weighted by atomic mass is 9.76. The molecule has 2 aromatic rings. The second-order valence-corrected chi connectivity index (χ2v) is 7.62. The van der Waals surface area contributed by atoms with Gasteiger partial charge in [-0.25, -0.2) is 0 Å². The Kier molecular flexibility index (Phi) is 3.01. The highest BCUT2D eigenvalue weighted by Gasteiger charge is 2.68. The molecule has 6 rings (SSSR count). The molecule has 2 spiro atoms. The highest BCUT2D eigenvalue weighted by atomic mass is 16.8. The van der Waals surface area contributed by atoms with Crippen molar-refractivity contribution in [1.82, 2.24) is 0 Å². The summed E-state index contributed by atoms with van der Waals surface area (Å²) in [5, 5.41) is 21.9. The van der Waals surface area contributed by atoms with Crippen molar-refractivity contribution in [2.24, 2.45) is 0 Å². The lowest BCUT2D eigenvalue weighted by Gasteiger charge is -2.57. The van der Waals surface area contributed by atoms with Gasteiger partial charge in [0.05, 0.1) is 23.8 Å². The third kappa shape index (κ3) is 1.80. The quantitative estimate of drug-likeness (QED) is 0.744. The van der Waals surface area contributed by atoms with Gasteiger partial charge in [-0.1, -0.05) is 12.1 Å². The molecule has 0 radical (unpaired) electrons. The molecule has 4 aliphatic rings. The molecule has 0 amide bonds. The predicted molar refractivity (Wildman–Crippen MR) is 95.0 cm³/mol. The summed E-state index contributed by atoms with van der Waals surface area (Å²) in [6, 6.07) is 8.08. The SMILES string of the molecule is COc1ccc2c3c1C(=O)C[C@@H](O)[C@]31Oc3cccc4c3[C@](O2)(O1)[C@H](O)CC4=O. The van der Waals surface area contributed by atoms with Crippen LogP contribution in [0.4, 0.5) is 0 Å². The van der Waals surface area contributed by atoms with E-state index in [2.05, 4.69) is 0 Å². The van der Waals surface area contributed by atoms with Crippen molar-refractivity contribution in [1.29, 1.82) is 0 Å². The molecule has 2 aromatic carbocycles. The van der Waals surface area contributed by atoms with Gasteiger partial charge in [-0.15, -0.1) is 0 Å². The zero-order valence-electron chi connectivity index (χ0n) is 15.3. The Labute approximate surface area is 164 Å². The van der Waals surface area contributed by atoms with E-state index < -0.39 is 23.8 Å². The molecule has 4 atom stereocenters. The Morgan fingerprint density at radius 2 is 1.59 bits per heavy atom. The van der Waals surface area contributed by atoms with E-state index >= 15 is 0 Å². The summed E-state index contributed by atoms with van der Waals surface area (Å²) in [6.07, 6.45) is -3.14. The van der Waals surface area contributed by atoms with Crippen molar-refractivity contribution in [3.8, 4) is 17.2 Å². The minimum absolute atomic E-state index is 0.208. The third-order valence-corrected chi connectivity index (χ3v) is 6.11. The van der Waals surface area contributed by atoms with Crippen LogP contribution in [0.1, 0.15) is 44.7 Å². The number of carbonyl (C=O) groups excluding carboxylic acids is 2. The molecule has 0 unspecified atom stereocenters. The third-order valence-electron chi connectivity index (χ3n) is 6.11. The van der Waals surface area contributed by atoms with Crippen LogP contribution in [0.5, 0.6) is 17.2 Å². The van der Waals surface area contributed by atoms with Crippen molar-refractivity contribution in [3.05, 3.63) is 52.6 Å². The molecule has 0 saturated heterocycles. The first-order valence-corrected chi connectivity index (χ1v) is 9.27. The van der Waals surface area contributed by atoms with Gasteiger partial charge in [0.2, 0.25) is 0 Å². The number of Topliss-reactive ketones (excluding diaryl/α,β-unsaturated/α-hetero) is 2. The average Bonchev–Trinajstić information content (AvgIpc) is 2.70. The van der Waals surface area contributed by atoms with Gasteiger partial charge in [0.1, 0.15) is 29.5 Å². The topological polar surface area (TPSA) is 112 Å². The fourth-order valence-electron chi connectivity index (χ4n) is 4.89. The van der Waals surface area contributed by atoms with Crippen molar-refractivity contribution >= 4 is 11.6 Å². The Hall–Kier alpha value is -2.94. The van der Waals surface area contributed by atoms with E-state index in [0.717, 1.165) is 0 Å². The zero-order chi connectivity index (χ0) is 20.1. The number of benzene rings is 2. The highest BCUT2D eigenvalue weighted by Crippen LogP contribution is 2.61. The summed E-state index contributed by atoms with van der Waals surface area (Å²) in [5.74, 6) is -3.31. The smallest absolute Gasteiger partial charge is 0.271 e. The number of hydrogen-bond acceptors (Lipinski definition) is 8. The molecule has 0 aromatic heterocycles. The molecule has 2 heterocycles. The Morgan fingerprint density at radius 3 is 2.31 bits per heavy atom. The lowest BCUT2D eigenvalue weighted by Crippen LogP contribution is -2.67.